The minimum atomic E-state index is -0.283. The maximum Gasteiger partial charge on any atom is 0.315 e. The van der Waals surface area contributed by atoms with Crippen molar-refractivity contribution in [3.05, 3.63) is 48.0 Å². The first-order valence-corrected chi connectivity index (χ1v) is 8.04. The zero-order chi connectivity index (χ0) is 17.4. The molecule has 2 aromatic rings. The Morgan fingerprint density at radius 1 is 1.33 bits per heavy atom. The fraction of sp³-hybridized carbons (Fsp3) is 0.412. The number of carbonyl (C=O) groups is 1. The Kier molecular flexibility index (Phi) is 6.74. The van der Waals surface area contributed by atoms with Crippen molar-refractivity contribution in [2.24, 2.45) is 0 Å². The number of nitrogens with zero attached hydrogens (tertiary/aromatic N) is 2. The third-order valence-electron chi connectivity index (χ3n) is 3.57. The van der Waals surface area contributed by atoms with Crippen LogP contribution in [0.1, 0.15) is 25.5 Å². The molecule has 0 bridgehead atoms. The first kappa shape index (κ1) is 17.9. The molecule has 0 aliphatic heterocycles. The topological polar surface area (TPSA) is 79.2 Å². The summed E-state index contributed by atoms with van der Waals surface area (Å²) in [4.78, 5) is 11.7. The first-order chi connectivity index (χ1) is 11.6. The van der Waals surface area contributed by atoms with Crippen LogP contribution < -0.4 is 10.6 Å². The molecule has 1 heterocycles. The number of urea groups is 1. The molecule has 2 amide bonds. The maximum atomic E-state index is 12.9. The number of benzene rings is 1. The number of aromatic nitrogens is 2. The van der Waals surface area contributed by atoms with Crippen LogP contribution in [0.3, 0.4) is 0 Å². The summed E-state index contributed by atoms with van der Waals surface area (Å²) in [5.41, 5.74) is 1.62. The summed E-state index contributed by atoms with van der Waals surface area (Å²) in [6.45, 7) is 2.50. The Balaban J connectivity index is 1.75. The van der Waals surface area contributed by atoms with E-state index in [1.54, 1.807) is 23.0 Å². The van der Waals surface area contributed by atoms with Crippen molar-refractivity contribution in [3.8, 4) is 5.69 Å². The average molecular weight is 334 g/mol. The van der Waals surface area contributed by atoms with Crippen molar-refractivity contribution < 1.29 is 14.3 Å². The second kappa shape index (κ2) is 9.02. The molecule has 1 aromatic carbocycles. The number of hydrogen-bond donors (Lipinski definition) is 3. The van der Waals surface area contributed by atoms with Gasteiger partial charge in [0.15, 0.2) is 0 Å². The van der Waals surface area contributed by atoms with Gasteiger partial charge in [0, 0.05) is 31.8 Å². The normalized spacial score (nSPS) is 12.0. The number of aliphatic hydroxyl groups is 1. The molecule has 130 valence electrons. The van der Waals surface area contributed by atoms with E-state index in [-0.39, 0.29) is 24.5 Å². The van der Waals surface area contributed by atoms with E-state index in [0.717, 1.165) is 17.8 Å². The molecular formula is C17H23FN4O2. The van der Waals surface area contributed by atoms with Gasteiger partial charge in [-0.25, -0.2) is 13.9 Å². The number of nitrogens with one attached hydrogen (secondary N) is 2. The fourth-order valence-corrected chi connectivity index (χ4v) is 2.28. The molecule has 24 heavy (non-hydrogen) atoms. The van der Waals surface area contributed by atoms with Crippen LogP contribution in [0.25, 0.3) is 5.69 Å². The van der Waals surface area contributed by atoms with Gasteiger partial charge >= 0.3 is 6.03 Å². The van der Waals surface area contributed by atoms with E-state index >= 15 is 0 Å². The molecule has 7 heteroatoms. The van der Waals surface area contributed by atoms with E-state index in [1.165, 1.54) is 12.1 Å². The standard InChI is InChI=1S/C17H23FN4O2/c1-13(3-2-12-23)20-17(24)19-10-8-15-9-11-22(21-15)16-6-4-14(18)5-7-16/h4-7,9,11,13,23H,2-3,8,10,12H2,1H3,(H2,19,20,24). The molecule has 0 saturated carbocycles. The summed E-state index contributed by atoms with van der Waals surface area (Å²) in [6.07, 6.45) is 3.82. The smallest absolute Gasteiger partial charge is 0.315 e. The van der Waals surface area contributed by atoms with Gasteiger partial charge in [0.25, 0.3) is 0 Å². The Labute approximate surface area is 140 Å². The summed E-state index contributed by atoms with van der Waals surface area (Å²) in [6, 6.07) is 7.76. The van der Waals surface area contributed by atoms with Crippen molar-refractivity contribution in [3.63, 3.8) is 0 Å². The lowest BCUT2D eigenvalue weighted by Crippen LogP contribution is -2.41. The monoisotopic (exact) mass is 334 g/mol. The molecule has 1 aromatic heterocycles. The van der Waals surface area contributed by atoms with E-state index in [1.807, 2.05) is 13.0 Å². The fourth-order valence-electron chi connectivity index (χ4n) is 2.28. The van der Waals surface area contributed by atoms with E-state index < -0.39 is 0 Å². The number of rotatable bonds is 8. The molecule has 0 radical (unpaired) electrons. The first-order valence-electron chi connectivity index (χ1n) is 8.04. The SMILES string of the molecule is CC(CCCO)NC(=O)NCCc1ccn(-c2ccc(F)cc2)n1. The molecule has 1 atom stereocenters. The van der Waals surface area contributed by atoms with Crippen molar-refractivity contribution in [1.82, 2.24) is 20.4 Å². The lowest BCUT2D eigenvalue weighted by Gasteiger charge is -2.13. The Bertz CT molecular complexity index is 642. The molecule has 0 saturated heterocycles. The number of aliphatic hydroxyl groups excluding tert-OH is 1. The van der Waals surface area contributed by atoms with E-state index in [0.29, 0.717) is 19.4 Å². The predicted octanol–water partition coefficient (Wildman–Crippen LogP) is 2.01. The predicted molar refractivity (Wildman–Crippen MR) is 89.5 cm³/mol. The average Bonchev–Trinajstić information content (AvgIpc) is 3.02. The molecule has 3 N–H and O–H groups in total. The summed E-state index contributed by atoms with van der Waals surface area (Å²) in [5, 5.41) is 18.8. The number of hydrogen-bond acceptors (Lipinski definition) is 3. The van der Waals surface area contributed by atoms with E-state index in [4.69, 9.17) is 5.11 Å². The molecule has 0 aliphatic rings. The highest BCUT2D eigenvalue weighted by molar-refractivity contribution is 5.74. The van der Waals surface area contributed by atoms with Crippen LogP contribution in [-0.2, 0) is 6.42 Å². The number of amides is 2. The molecular weight excluding hydrogens is 311 g/mol. The van der Waals surface area contributed by atoms with Gasteiger partial charge in [-0.15, -0.1) is 0 Å². The second-order valence-electron chi connectivity index (χ2n) is 5.65. The van der Waals surface area contributed by atoms with E-state index in [2.05, 4.69) is 15.7 Å². The van der Waals surface area contributed by atoms with Crippen LogP contribution >= 0.6 is 0 Å². The lowest BCUT2D eigenvalue weighted by atomic mass is 10.2. The third-order valence-corrected chi connectivity index (χ3v) is 3.57. The van der Waals surface area contributed by atoms with Crippen molar-refractivity contribution in [1.29, 1.82) is 0 Å². The zero-order valence-corrected chi connectivity index (χ0v) is 13.7. The third kappa shape index (κ3) is 5.66. The van der Waals surface area contributed by atoms with E-state index in [9.17, 15) is 9.18 Å². The van der Waals surface area contributed by atoms with Crippen LogP contribution in [0.4, 0.5) is 9.18 Å². The van der Waals surface area contributed by atoms with Gasteiger partial charge in [-0.3, -0.25) is 0 Å². The van der Waals surface area contributed by atoms with Gasteiger partial charge in [-0.1, -0.05) is 0 Å². The minimum Gasteiger partial charge on any atom is -0.396 e. The number of carbonyl (C=O) groups excluding carboxylic acids is 1. The van der Waals surface area contributed by atoms with Crippen LogP contribution in [0.5, 0.6) is 0 Å². The van der Waals surface area contributed by atoms with Crippen molar-refractivity contribution in [2.45, 2.75) is 32.2 Å². The molecule has 0 spiro atoms. The quantitative estimate of drug-likeness (QED) is 0.691. The lowest BCUT2D eigenvalue weighted by molar-refractivity contribution is 0.234. The van der Waals surface area contributed by atoms with Crippen molar-refractivity contribution >= 4 is 6.03 Å². The Hall–Kier alpha value is -2.41. The maximum absolute atomic E-state index is 12.9. The summed E-state index contributed by atoms with van der Waals surface area (Å²) in [5.74, 6) is -0.283. The second-order valence-corrected chi connectivity index (χ2v) is 5.65. The molecule has 0 fully saturated rings. The van der Waals surface area contributed by atoms with Gasteiger partial charge in [0.05, 0.1) is 11.4 Å². The molecule has 0 aliphatic carbocycles. The Morgan fingerprint density at radius 2 is 2.08 bits per heavy atom. The van der Waals surface area contributed by atoms with Gasteiger partial charge in [-0.2, -0.15) is 5.10 Å². The minimum absolute atomic E-state index is 0.0230. The van der Waals surface area contributed by atoms with Crippen LogP contribution in [-0.4, -0.2) is 40.1 Å². The molecule has 2 rings (SSSR count). The molecule has 6 nitrogen and oxygen atoms in total. The number of halogens is 1. The zero-order valence-electron chi connectivity index (χ0n) is 13.7. The summed E-state index contributed by atoms with van der Waals surface area (Å²) >= 11 is 0. The highest BCUT2D eigenvalue weighted by Gasteiger charge is 2.07. The van der Waals surface area contributed by atoms with Crippen molar-refractivity contribution in [2.75, 3.05) is 13.2 Å². The highest BCUT2D eigenvalue weighted by Crippen LogP contribution is 2.09. The van der Waals surface area contributed by atoms with Gasteiger partial charge < -0.3 is 15.7 Å². The highest BCUT2D eigenvalue weighted by atomic mass is 19.1. The van der Waals surface area contributed by atoms with Crippen LogP contribution in [0, 0.1) is 5.82 Å². The molecule has 1 unspecified atom stereocenters. The largest absolute Gasteiger partial charge is 0.396 e. The van der Waals surface area contributed by atoms with Gasteiger partial charge in [0.2, 0.25) is 0 Å². The van der Waals surface area contributed by atoms with Crippen LogP contribution in [0.2, 0.25) is 0 Å². The summed E-state index contributed by atoms with van der Waals surface area (Å²) in [7, 11) is 0. The summed E-state index contributed by atoms with van der Waals surface area (Å²) < 4.78 is 14.6. The van der Waals surface area contributed by atoms with Crippen LogP contribution in [0.15, 0.2) is 36.5 Å². The van der Waals surface area contributed by atoms with Gasteiger partial charge in [-0.05, 0) is 50.1 Å². The van der Waals surface area contributed by atoms with Gasteiger partial charge in [0.1, 0.15) is 5.82 Å². The Morgan fingerprint density at radius 3 is 2.79 bits per heavy atom.